The van der Waals surface area contributed by atoms with Crippen molar-refractivity contribution < 1.29 is 12.9 Å². The largest absolute Gasteiger partial charge is 0.339 e. The summed E-state index contributed by atoms with van der Waals surface area (Å²) in [7, 11) is -3.57. The van der Waals surface area contributed by atoms with Gasteiger partial charge in [-0.05, 0) is 48.5 Å². The second kappa shape index (κ2) is 7.65. The molecule has 130 valence electrons. The van der Waals surface area contributed by atoms with Gasteiger partial charge in [-0.3, -0.25) is 0 Å². The van der Waals surface area contributed by atoms with Gasteiger partial charge in [0.15, 0.2) is 0 Å². The number of halogens is 2. The third kappa shape index (κ3) is 4.66. The first-order chi connectivity index (χ1) is 11.9. The van der Waals surface area contributed by atoms with E-state index in [-0.39, 0.29) is 17.9 Å². The standard InChI is InChI=1S/C16H13BrClN3O3S/c17-12-3-7-14(8-4-12)25(22,23)19-10-9-15-20-16(21-24-15)11-1-5-13(18)6-2-11/h1-8,19H,9-10H2. The first-order valence-corrected chi connectivity index (χ1v) is 9.93. The van der Waals surface area contributed by atoms with Crippen LogP contribution >= 0.6 is 27.5 Å². The number of benzene rings is 2. The molecule has 0 atom stereocenters. The lowest BCUT2D eigenvalue weighted by molar-refractivity contribution is 0.379. The molecule has 1 N–H and O–H groups in total. The van der Waals surface area contributed by atoms with Gasteiger partial charge < -0.3 is 4.52 Å². The Labute approximate surface area is 158 Å². The van der Waals surface area contributed by atoms with Gasteiger partial charge in [0, 0.05) is 28.0 Å². The molecule has 3 rings (SSSR count). The summed E-state index contributed by atoms with van der Waals surface area (Å²) in [6.45, 7) is 0.153. The van der Waals surface area contributed by atoms with Crippen LogP contribution in [0.4, 0.5) is 0 Å². The van der Waals surface area contributed by atoms with Crippen LogP contribution in [0.5, 0.6) is 0 Å². The maximum atomic E-state index is 12.2. The van der Waals surface area contributed by atoms with E-state index in [0.717, 1.165) is 10.0 Å². The highest BCUT2D eigenvalue weighted by molar-refractivity contribution is 9.10. The number of rotatable bonds is 6. The molecule has 2 aromatic carbocycles. The lowest BCUT2D eigenvalue weighted by Gasteiger charge is -2.05. The minimum atomic E-state index is -3.57. The molecule has 0 amide bonds. The SMILES string of the molecule is O=S(=O)(NCCc1nc(-c2ccc(Cl)cc2)no1)c1ccc(Br)cc1. The van der Waals surface area contributed by atoms with Crippen molar-refractivity contribution in [3.8, 4) is 11.4 Å². The predicted octanol–water partition coefficient (Wildman–Crippen LogP) is 3.67. The van der Waals surface area contributed by atoms with Gasteiger partial charge in [-0.2, -0.15) is 4.98 Å². The molecular formula is C16H13BrClN3O3S. The normalized spacial score (nSPS) is 11.6. The van der Waals surface area contributed by atoms with E-state index >= 15 is 0 Å². The second-order valence-electron chi connectivity index (χ2n) is 5.12. The summed E-state index contributed by atoms with van der Waals surface area (Å²) < 4.78 is 32.8. The van der Waals surface area contributed by atoms with Gasteiger partial charge in [0.1, 0.15) is 0 Å². The third-order valence-corrected chi connectivity index (χ3v) is 5.58. The highest BCUT2D eigenvalue weighted by Gasteiger charge is 2.14. The summed E-state index contributed by atoms with van der Waals surface area (Å²) in [6.07, 6.45) is 0.288. The van der Waals surface area contributed by atoms with Crippen molar-refractivity contribution in [2.24, 2.45) is 0 Å². The molecule has 0 radical (unpaired) electrons. The Morgan fingerprint density at radius 3 is 2.44 bits per heavy atom. The number of nitrogens with zero attached hydrogens (tertiary/aromatic N) is 2. The van der Waals surface area contributed by atoms with Crippen molar-refractivity contribution in [3.05, 3.63) is 63.9 Å². The molecule has 0 saturated carbocycles. The molecule has 0 unspecified atom stereocenters. The molecule has 9 heteroatoms. The third-order valence-electron chi connectivity index (χ3n) is 3.33. The molecule has 0 spiro atoms. The van der Waals surface area contributed by atoms with Crippen LogP contribution < -0.4 is 4.72 Å². The molecule has 0 fully saturated rings. The number of aromatic nitrogens is 2. The Morgan fingerprint density at radius 1 is 1.08 bits per heavy atom. The average Bonchev–Trinajstić information content (AvgIpc) is 3.04. The van der Waals surface area contributed by atoms with Gasteiger partial charge in [-0.25, -0.2) is 13.1 Å². The Bertz CT molecular complexity index is 957. The summed E-state index contributed by atoms with van der Waals surface area (Å²) in [5.41, 5.74) is 0.773. The summed E-state index contributed by atoms with van der Waals surface area (Å²) >= 11 is 9.11. The highest BCUT2D eigenvalue weighted by atomic mass is 79.9. The van der Waals surface area contributed by atoms with E-state index in [1.165, 1.54) is 12.1 Å². The van der Waals surface area contributed by atoms with Crippen LogP contribution in [-0.2, 0) is 16.4 Å². The fourth-order valence-electron chi connectivity index (χ4n) is 2.06. The molecule has 0 bridgehead atoms. The quantitative estimate of drug-likeness (QED) is 0.629. The van der Waals surface area contributed by atoms with Gasteiger partial charge in [0.05, 0.1) is 4.90 Å². The fourth-order valence-corrected chi connectivity index (χ4v) is 3.48. The maximum Gasteiger partial charge on any atom is 0.240 e. The van der Waals surface area contributed by atoms with Crippen LogP contribution in [-0.4, -0.2) is 25.1 Å². The van der Waals surface area contributed by atoms with Crippen molar-refractivity contribution >= 4 is 37.6 Å². The molecule has 0 aliphatic carbocycles. The fraction of sp³-hybridized carbons (Fsp3) is 0.125. The molecule has 3 aromatic rings. The van der Waals surface area contributed by atoms with Gasteiger partial charge >= 0.3 is 0 Å². The second-order valence-corrected chi connectivity index (χ2v) is 8.24. The lowest BCUT2D eigenvalue weighted by atomic mass is 10.2. The monoisotopic (exact) mass is 441 g/mol. The van der Waals surface area contributed by atoms with Crippen LogP contribution in [0.25, 0.3) is 11.4 Å². The number of nitrogens with one attached hydrogen (secondary N) is 1. The van der Waals surface area contributed by atoms with Gasteiger partial charge in [-0.1, -0.05) is 32.7 Å². The number of sulfonamides is 1. The van der Waals surface area contributed by atoms with Crippen LogP contribution in [0.15, 0.2) is 62.4 Å². The van der Waals surface area contributed by atoms with Crippen LogP contribution in [0.1, 0.15) is 5.89 Å². The van der Waals surface area contributed by atoms with Crippen molar-refractivity contribution in [2.75, 3.05) is 6.54 Å². The molecule has 1 aromatic heterocycles. The first-order valence-electron chi connectivity index (χ1n) is 7.28. The average molecular weight is 443 g/mol. The van der Waals surface area contributed by atoms with E-state index in [0.29, 0.717) is 16.7 Å². The van der Waals surface area contributed by atoms with Crippen molar-refractivity contribution in [1.29, 1.82) is 0 Å². The minimum Gasteiger partial charge on any atom is -0.339 e. The molecular weight excluding hydrogens is 430 g/mol. The van der Waals surface area contributed by atoms with E-state index in [1.54, 1.807) is 36.4 Å². The lowest BCUT2D eigenvalue weighted by Crippen LogP contribution is -2.26. The predicted molar refractivity (Wildman–Crippen MR) is 97.8 cm³/mol. The molecule has 25 heavy (non-hydrogen) atoms. The summed E-state index contributed by atoms with van der Waals surface area (Å²) in [6, 6.07) is 13.4. The summed E-state index contributed by atoms with van der Waals surface area (Å²) in [4.78, 5) is 4.45. The zero-order chi connectivity index (χ0) is 17.9. The maximum absolute atomic E-state index is 12.2. The molecule has 0 aliphatic rings. The Balaban J connectivity index is 1.61. The number of hydrogen-bond acceptors (Lipinski definition) is 5. The molecule has 1 heterocycles. The van der Waals surface area contributed by atoms with E-state index in [9.17, 15) is 8.42 Å². The van der Waals surface area contributed by atoms with Crippen molar-refractivity contribution in [1.82, 2.24) is 14.9 Å². The minimum absolute atomic E-state index is 0.153. The van der Waals surface area contributed by atoms with Gasteiger partial charge in [0.2, 0.25) is 21.7 Å². The Morgan fingerprint density at radius 2 is 1.76 bits per heavy atom. The Hall–Kier alpha value is -1.74. The highest BCUT2D eigenvalue weighted by Crippen LogP contribution is 2.19. The first kappa shape index (κ1) is 18.1. The van der Waals surface area contributed by atoms with E-state index < -0.39 is 10.0 Å². The zero-order valence-corrected chi connectivity index (χ0v) is 16.0. The molecule has 0 saturated heterocycles. The topological polar surface area (TPSA) is 85.1 Å². The van der Waals surface area contributed by atoms with E-state index in [2.05, 4.69) is 30.8 Å². The Kier molecular flexibility index (Phi) is 5.53. The molecule has 0 aliphatic heterocycles. The number of hydrogen-bond donors (Lipinski definition) is 1. The van der Waals surface area contributed by atoms with Gasteiger partial charge in [0.25, 0.3) is 0 Å². The summed E-state index contributed by atoms with van der Waals surface area (Å²) in [5.74, 6) is 0.783. The van der Waals surface area contributed by atoms with E-state index in [4.69, 9.17) is 16.1 Å². The summed E-state index contributed by atoms with van der Waals surface area (Å²) in [5, 5.41) is 4.51. The zero-order valence-electron chi connectivity index (χ0n) is 12.8. The van der Waals surface area contributed by atoms with Crippen LogP contribution in [0.2, 0.25) is 5.02 Å². The van der Waals surface area contributed by atoms with Crippen LogP contribution in [0, 0.1) is 0 Å². The van der Waals surface area contributed by atoms with Gasteiger partial charge in [-0.15, -0.1) is 0 Å². The van der Waals surface area contributed by atoms with E-state index in [1.807, 2.05) is 0 Å². The van der Waals surface area contributed by atoms with Crippen molar-refractivity contribution in [3.63, 3.8) is 0 Å². The van der Waals surface area contributed by atoms with Crippen molar-refractivity contribution in [2.45, 2.75) is 11.3 Å². The molecule has 6 nitrogen and oxygen atoms in total. The van der Waals surface area contributed by atoms with Crippen LogP contribution in [0.3, 0.4) is 0 Å². The smallest absolute Gasteiger partial charge is 0.240 e.